The molecule has 0 N–H and O–H groups in total. The fourth-order valence-corrected chi connectivity index (χ4v) is 5.68. The zero-order valence-corrected chi connectivity index (χ0v) is 17.9. The van der Waals surface area contributed by atoms with Crippen molar-refractivity contribution >= 4 is 50.7 Å². The molecule has 0 radical (unpaired) electrons. The van der Waals surface area contributed by atoms with Crippen LogP contribution in [-0.2, 0) is 10.0 Å². The number of methoxy groups -OCH3 is 1. The van der Waals surface area contributed by atoms with Gasteiger partial charge in [0, 0.05) is 31.2 Å². The first-order valence-corrected chi connectivity index (χ1v) is 10.9. The summed E-state index contributed by atoms with van der Waals surface area (Å²) >= 11 is 18.1. The first-order valence-electron chi connectivity index (χ1n) is 8.32. The van der Waals surface area contributed by atoms with Crippen LogP contribution in [0.4, 0.5) is 0 Å². The van der Waals surface area contributed by atoms with E-state index in [1.54, 1.807) is 29.2 Å². The molecule has 0 unspecified atom stereocenters. The normalized spacial score (nSPS) is 15.5. The summed E-state index contributed by atoms with van der Waals surface area (Å²) in [5, 5.41) is 0.592. The van der Waals surface area contributed by atoms with E-state index in [9.17, 15) is 13.2 Å². The minimum absolute atomic E-state index is 0.0666. The SMILES string of the molecule is COc1cc(Cl)ccc1C(=O)N1CCN(S(=O)(=O)c2c(Cl)cccc2Cl)CC1. The van der Waals surface area contributed by atoms with Crippen LogP contribution < -0.4 is 4.74 Å². The first kappa shape index (κ1) is 21.2. The topological polar surface area (TPSA) is 66.9 Å². The van der Waals surface area contributed by atoms with Gasteiger partial charge in [0.2, 0.25) is 10.0 Å². The van der Waals surface area contributed by atoms with E-state index in [0.29, 0.717) is 16.3 Å². The molecule has 1 heterocycles. The molecule has 6 nitrogen and oxygen atoms in total. The van der Waals surface area contributed by atoms with Crippen LogP contribution in [0.3, 0.4) is 0 Å². The molecule has 150 valence electrons. The van der Waals surface area contributed by atoms with E-state index >= 15 is 0 Å². The Morgan fingerprint density at radius 1 is 1.00 bits per heavy atom. The molecule has 0 aliphatic carbocycles. The Hall–Kier alpha value is -1.51. The summed E-state index contributed by atoms with van der Waals surface area (Å²) in [6.07, 6.45) is 0. The number of halogens is 3. The lowest BCUT2D eigenvalue weighted by Crippen LogP contribution is -2.50. The van der Waals surface area contributed by atoms with Gasteiger partial charge in [-0.05, 0) is 30.3 Å². The van der Waals surface area contributed by atoms with Crippen molar-refractivity contribution in [2.24, 2.45) is 0 Å². The van der Waals surface area contributed by atoms with Crippen LogP contribution in [0.5, 0.6) is 5.75 Å². The van der Waals surface area contributed by atoms with Crippen LogP contribution in [0, 0.1) is 0 Å². The van der Waals surface area contributed by atoms with Gasteiger partial charge >= 0.3 is 0 Å². The van der Waals surface area contributed by atoms with Gasteiger partial charge in [0.15, 0.2) is 0 Å². The van der Waals surface area contributed by atoms with Crippen LogP contribution in [0.15, 0.2) is 41.3 Å². The molecule has 0 atom stereocenters. The maximum Gasteiger partial charge on any atom is 0.257 e. The molecule has 0 spiro atoms. The Labute approximate surface area is 178 Å². The molecular weight excluding hydrogens is 447 g/mol. The number of ether oxygens (including phenoxy) is 1. The van der Waals surface area contributed by atoms with E-state index in [4.69, 9.17) is 39.5 Å². The summed E-state index contributed by atoms with van der Waals surface area (Å²) < 4.78 is 32.4. The van der Waals surface area contributed by atoms with Gasteiger partial charge in [0.05, 0.1) is 22.7 Å². The Bertz CT molecular complexity index is 986. The average Bonchev–Trinajstić information content (AvgIpc) is 2.67. The predicted molar refractivity (Wildman–Crippen MR) is 109 cm³/mol. The highest BCUT2D eigenvalue weighted by Gasteiger charge is 2.33. The summed E-state index contributed by atoms with van der Waals surface area (Å²) in [6, 6.07) is 9.31. The summed E-state index contributed by atoms with van der Waals surface area (Å²) in [7, 11) is -2.41. The molecule has 0 aromatic heterocycles. The van der Waals surface area contributed by atoms with Crippen LogP contribution in [0.1, 0.15) is 10.4 Å². The molecule has 1 fully saturated rings. The highest BCUT2D eigenvalue weighted by molar-refractivity contribution is 7.89. The maximum atomic E-state index is 12.9. The maximum absolute atomic E-state index is 12.9. The van der Waals surface area contributed by atoms with Gasteiger partial charge in [0.1, 0.15) is 10.6 Å². The van der Waals surface area contributed by atoms with Crippen LogP contribution in [0.25, 0.3) is 0 Å². The fourth-order valence-electron chi connectivity index (χ4n) is 3.00. The zero-order chi connectivity index (χ0) is 20.5. The number of nitrogens with zero attached hydrogens (tertiary/aromatic N) is 2. The number of sulfonamides is 1. The Balaban J connectivity index is 1.77. The summed E-state index contributed by atoms with van der Waals surface area (Å²) in [5.41, 5.74) is 0.373. The molecule has 10 heteroatoms. The van der Waals surface area contributed by atoms with Gasteiger partial charge < -0.3 is 9.64 Å². The van der Waals surface area contributed by atoms with E-state index in [0.717, 1.165) is 0 Å². The van der Waals surface area contributed by atoms with Crippen LogP contribution in [-0.4, -0.2) is 56.8 Å². The zero-order valence-electron chi connectivity index (χ0n) is 14.9. The number of benzene rings is 2. The molecule has 28 heavy (non-hydrogen) atoms. The van der Waals surface area contributed by atoms with Crippen molar-refractivity contribution in [2.75, 3.05) is 33.3 Å². The van der Waals surface area contributed by atoms with E-state index in [1.807, 2.05) is 0 Å². The Morgan fingerprint density at radius 3 is 2.18 bits per heavy atom. The highest BCUT2D eigenvalue weighted by atomic mass is 35.5. The van der Waals surface area contributed by atoms with Crippen molar-refractivity contribution in [2.45, 2.75) is 4.90 Å². The number of rotatable bonds is 4. The van der Waals surface area contributed by atoms with Crippen molar-refractivity contribution in [3.8, 4) is 5.75 Å². The third-order valence-corrected chi connectivity index (χ3v) is 7.53. The predicted octanol–water partition coefficient (Wildman–Crippen LogP) is 3.80. The molecule has 3 rings (SSSR count). The van der Waals surface area contributed by atoms with Crippen molar-refractivity contribution in [1.82, 2.24) is 9.21 Å². The van der Waals surface area contributed by atoms with Crippen LogP contribution >= 0.6 is 34.8 Å². The quantitative estimate of drug-likeness (QED) is 0.692. The number of amides is 1. The smallest absolute Gasteiger partial charge is 0.257 e. The van der Waals surface area contributed by atoms with E-state index in [-0.39, 0.29) is 47.0 Å². The Kier molecular flexibility index (Phi) is 6.41. The molecular formula is C18H17Cl3N2O4S. The lowest BCUT2D eigenvalue weighted by molar-refractivity contribution is 0.0694. The number of hydrogen-bond donors (Lipinski definition) is 0. The van der Waals surface area contributed by atoms with Crippen molar-refractivity contribution in [3.05, 3.63) is 57.0 Å². The molecule has 1 aliphatic heterocycles. The monoisotopic (exact) mass is 462 g/mol. The first-order chi connectivity index (χ1) is 13.3. The molecule has 2 aromatic rings. The Morgan fingerprint density at radius 2 is 1.61 bits per heavy atom. The van der Waals surface area contributed by atoms with Gasteiger partial charge in [-0.3, -0.25) is 4.79 Å². The van der Waals surface area contributed by atoms with Crippen molar-refractivity contribution < 1.29 is 17.9 Å². The van der Waals surface area contributed by atoms with Gasteiger partial charge in [-0.25, -0.2) is 8.42 Å². The summed E-state index contributed by atoms with van der Waals surface area (Å²) in [6.45, 7) is 0.717. The third-order valence-electron chi connectivity index (χ3n) is 4.44. The molecule has 1 saturated heterocycles. The minimum atomic E-state index is -3.87. The average molecular weight is 464 g/mol. The second-order valence-corrected chi connectivity index (χ2v) is 9.22. The van der Waals surface area contributed by atoms with Gasteiger partial charge in [-0.1, -0.05) is 40.9 Å². The van der Waals surface area contributed by atoms with E-state index in [1.165, 1.54) is 23.5 Å². The number of carbonyl (C=O) groups is 1. The third kappa shape index (κ3) is 4.09. The van der Waals surface area contributed by atoms with E-state index < -0.39 is 10.0 Å². The molecule has 0 saturated carbocycles. The number of hydrogen-bond acceptors (Lipinski definition) is 4. The minimum Gasteiger partial charge on any atom is -0.496 e. The molecule has 1 aliphatic rings. The molecule has 0 bridgehead atoms. The number of carbonyl (C=O) groups excluding carboxylic acids is 1. The largest absolute Gasteiger partial charge is 0.496 e. The van der Waals surface area contributed by atoms with Gasteiger partial charge in [-0.2, -0.15) is 4.31 Å². The van der Waals surface area contributed by atoms with Crippen LogP contribution in [0.2, 0.25) is 15.1 Å². The second-order valence-electron chi connectivity index (χ2n) is 6.09. The van der Waals surface area contributed by atoms with E-state index in [2.05, 4.69) is 0 Å². The summed E-state index contributed by atoms with van der Waals surface area (Å²) in [4.78, 5) is 14.3. The molecule has 2 aromatic carbocycles. The van der Waals surface area contributed by atoms with Gasteiger partial charge in [0.25, 0.3) is 5.91 Å². The number of piperazine rings is 1. The highest BCUT2D eigenvalue weighted by Crippen LogP contribution is 2.32. The van der Waals surface area contributed by atoms with Gasteiger partial charge in [-0.15, -0.1) is 0 Å². The molecule has 1 amide bonds. The van der Waals surface area contributed by atoms with Crippen molar-refractivity contribution in [1.29, 1.82) is 0 Å². The second kappa shape index (κ2) is 8.47. The lowest BCUT2D eigenvalue weighted by Gasteiger charge is -2.34. The van der Waals surface area contributed by atoms with Crippen molar-refractivity contribution in [3.63, 3.8) is 0 Å². The lowest BCUT2D eigenvalue weighted by atomic mass is 10.1. The summed E-state index contributed by atoms with van der Waals surface area (Å²) in [5.74, 6) is 0.122. The fraction of sp³-hybridized carbons (Fsp3) is 0.278. The standard InChI is InChI=1S/C18H17Cl3N2O4S/c1-27-16-11-12(19)5-6-13(16)18(24)22-7-9-23(10-8-22)28(25,26)17-14(20)3-2-4-15(17)21/h2-6,11H,7-10H2,1H3.